The standard InChI is InChI=1S/C19H23ClN2/c1-14-4-7-16-13-22(12-10-18(16)19(14)21)11-2-3-15-5-8-17(20)9-6-15/h4-9H,2-3,10-13,21H2,1H3. The Morgan fingerprint density at radius 3 is 2.68 bits per heavy atom. The first-order valence-corrected chi connectivity index (χ1v) is 8.35. The monoisotopic (exact) mass is 314 g/mol. The molecule has 1 heterocycles. The van der Waals surface area contributed by atoms with E-state index in [1.54, 1.807) is 0 Å². The van der Waals surface area contributed by atoms with E-state index in [-0.39, 0.29) is 0 Å². The summed E-state index contributed by atoms with van der Waals surface area (Å²) >= 11 is 5.92. The molecule has 0 spiro atoms. The zero-order valence-electron chi connectivity index (χ0n) is 13.1. The first kappa shape index (κ1) is 15.4. The number of benzene rings is 2. The molecule has 0 saturated heterocycles. The Balaban J connectivity index is 1.54. The van der Waals surface area contributed by atoms with Gasteiger partial charge in [-0.25, -0.2) is 0 Å². The van der Waals surface area contributed by atoms with Gasteiger partial charge in [0.1, 0.15) is 0 Å². The average molecular weight is 315 g/mol. The van der Waals surface area contributed by atoms with E-state index in [4.69, 9.17) is 17.3 Å². The average Bonchev–Trinajstić information content (AvgIpc) is 2.53. The van der Waals surface area contributed by atoms with Gasteiger partial charge in [0, 0.05) is 23.8 Å². The molecule has 0 saturated carbocycles. The van der Waals surface area contributed by atoms with E-state index in [0.29, 0.717) is 0 Å². The number of aryl methyl sites for hydroxylation is 2. The minimum atomic E-state index is 0.810. The van der Waals surface area contributed by atoms with Crippen LogP contribution in [0.5, 0.6) is 0 Å². The summed E-state index contributed by atoms with van der Waals surface area (Å²) < 4.78 is 0. The first-order valence-electron chi connectivity index (χ1n) is 7.97. The van der Waals surface area contributed by atoms with Crippen molar-refractivity contribution in [2.75, 3.05) is 18.8 Å². The van der Waals surface area contributed by atoms with Crippen LogP contribution in [-0.2, 0) is 19.4 Å². The molecule has 0 amide bonds. The molecule has 0 fully saturated rings. The molecule has 2 aromatic rings. The SMILES string of the molecule is Cc1ccc2c(c1N)CCN(CCCc1ccc(Cl)cc1)C2. The number of nitrogen functional groups attached to an aromatic ring is 1. The van der Waals surface area contributed by atoms with Gasteiger partial charge in [0.25, 0.3) is 0 Å². The third kappa shape index (κ3) is 3.45. The predicted octanol–water partition coefficient (Wildman–Crippen LogP) is 4.22. The molecule has 0 atom stereocenters. The van der Waals surface area contributed by atoms with Gasteiger partial charge < -0.3 is 5.73 Å². The molecule has 116 valence electrons. The van der Waals surface area contributed by atoms with E-state index in [1.165, 1.54) is 28.7 Å². The van der Waals surface area contributed by atoms with Crippen molar-refractivity contribution in [2.45, 2.75) is 32.7 Å². The number of hydrogen-bond acceptors (Lipinski definition) is 2. The minimum absolute atomic E-state index is 0.810. The lowest BCUT2D eigenvalue weighted by atomic mass is 9.95. The Morgan fingerprint density at radius 1 is 1.14 bits per heavy atom. The number of anilines is 1. The quantitative estimate of drug-likeness (QED) is 0.856. The molecular formula is C19H23ClN2. The fourth-order valence-corrected chi connectivity index (χ4v) is 3.33. The molecule has 2 N–H and O–H groups in total. The summed E-state index contributed by atoms with van der Waals surface area (Å²) in [6.07, 6.45) is 3.36. The molecular weight excluding hydrogens is 292 g/mol. The zero-order chi connectivity index (χ0) is 15.5. The van der Waals surface area contributed by atoms with Gasteiger partial charge in [0.2, 0.25) is 0 Å². The van der Waals surface area contributed by atoms with Gasteiger partial charge in [-0.3, -0.25) is 4.90 Å². The number of nitrogens with two attached hydrogens (primary N) is 1. The first-order chi connectivity index (χ1) is 10.6. The highest BCUT2D eigenvalue weighted by atomic mass is 35.5. The third-order valence-corrected chi connectivity index (χ3v) is 4.85. The van der Waals surface area contributed by atoms with Crippen molar-refractivity contribution in [1.82, 2.24) is 4.90 Å². The Morgan fingerprint density at radius 2 is 1.91 bits per heavy atom. The summed E-state index contributed by atoms with van der Waals surface area (Å²) in [5.41, 5.74) is 12.5. The molecule has 0 aromatic heterocycles. The second kappa shape index (κ2) is 6.72. The van der Waals surface area contributed by atoms with Gasteiger partial charge in [-0.1, -0.05) is 35.9 Å². The van der Waals surface area contributed by atoms with E-state index in [0.717, 1.165) is 43.2 Å². The summed E-state index contributed by atoms with van der Waals surface area (Å²) in [5.74, 6) is 0. The molecule has 1 aliphatic heterocycles. The molecule has 1 aliphatic rings. The lowest BCUT2D eigenvalue weighted by Gasteiger charge is -2.30. The molecule has 3 heteroatoms. The van der Waals surface area contributed by atoms with Crippen LogP contribution in [0, 0.1) is 6.92 Å². The second-order valence-corrected chi connectivity index (χ2v) is 6.63. The van der Waals surface area contributed by atoms with Crippen molar-refractivity contribution in [3.63, 3.8) is 0 Å². The van der Waals surface area contributed by atoms with Gasteiger partial charge >= 0.3 is 0 Å². The van der Waals surface area contributed by atoms with Crippen molar-refractivity contribution < 1.29 is 0 Å². The number of halogens is 1. The molecule has 2 nitrogen and oxygen atoms in total. The van der Waals surface area contributed by atoms with E-state index in [2.05, 4.69) is 36.1 Å². The van der Waals surface area contributed by atoms with Crippen LogP contribution >= 0.6 is 11.6 Å². The summed E-state index contributed by atoms with van der Waals surface area (Å²) in [5, 5.41) is 0.810. The van der Waals surface area contributed by atoms with Crippen LogP contribution in [0.25, 0.3) is 0 Å². The Labute approximate surface area is 137 Å². The molecule has 0 aliphatic carbocycles. The van der Waals surface area contributed by atoms with Crippen LogP contribution in [0.15, 0.2) is 36.4 Å². The van der Waals surface area contributed by atoms with Crippen LogP contribution in [0.2, 0.25) is 5.02 Å². The van der Waals surface area contributed by atoms with Crippen molar-refractivity contribution in [2.24, 2.45) is 0 Å². The summed E-state index contributed by atoms with van der Waals surface area (Å²) in [4.78, 5) is 2.53. The van der Waals surface area contributed by atoms with Crippen molar-refractivity contribution in [3.8, 4) is 0 Å². The summed E-state index contributed by atoms with van der Waals surface area (Å²) in [6.45, 7) is 5.37. The van der Waals surface area contributed by atoms with Gasteiger partial charge in [0.15, 0.2) is 0 Å². The molecule has 22 heavy (non-hydrogen) atoms. The molecule has 0 bridgehead atoms. The maximum Gasteiger partial charge on any atom is 0.0406 e. The highest BCUT2D eigenvalue weighted by molar-refractivity contribution is 6.30. The largest absolute Gasteiger partial charge is 0.398 e. The van der Waals surface area contributed by atoms with Gasteiger partial charge in [-0.2, -0.15) is 0 Å². The highest BCUT2D eigenvalue weighted by Gasteiger charge is 2.18. The van der Waals surface area contributed by atoms with Gasteiger partial charge in [-0.05, 0) is 67.1 Å². The molecule has 2 aromatic carbocycles. The maximum absolute atomic E-state index is 6.21. The van der Waals surface area contributed by atoms with E-state index < -0.39 is 0 Å². The molecule has 3 rings (SSSR count). The fraction of sp³-hybridized carbons (Fsp3) is 0.368. The number of fused-ring (bicyclic) bond motifs is 1. The summed E-state index contributed by atoms with van der Waals surface area (Å²) in [6, 6.07) is 12.6. The lowest BCUT2D eigenvalue weighted by Crippen LogP contribution is -2.32. The Hall–Kier alpha value is -1.51. The Kier molecular flexibility index (Phi) is 4.70. The normalized spacial score (nSPS) is 14.8. The highest BCUT2D eigenvalue weighted by Crippen LogP contribution is 2.27. The lowest BCUT2D eigenvalue weighted by molar-refractivity contribution is 0.251. The van der Waals surface area contributed by atoms with Crippen LogP contribution in [-0.4, -0.2) is 18.0 Å². The smallest absolute Gasteiger partial charge is 0.0406 e. The Bertz CT molecular complexity index is 649. The van der Waals surface area contributed by atoms with Crippen molar-refractivity contribution in [1.29, 1.82) is 0 Å². The number of rotatable bonds is 4. The third-order valence-electron chi connectivity index (χ3n) is 4.60. The molecule has 0 unspecified atom stereocenters. The maximum atomic E-state index is 6.21. The van der Waals surface area contributed by atoms with Crippen LogP contribution in [0.1, 0.15) is 28.7 Å². The van der Waals surface area contributed by atoms with Crippen LogP contribution in [0.3, 0.4) is 0 Å². The second-order valence-electron chi connectivity index (χ2n) is 6.19. The van der Waals surface area contributed by atoms with E-state index in [9.17, 15) is 0 Å². The minimum Gasteiger partial charge on any atom is -0.398 e. The number of nitrogens with zero attached hydrogens (tertiary/aromatic N) is 1. The van der Waals surface area contributed by atoms with E-state index in [1.807, 2.05) is 12.1 Å². The number of hydrogen-bond donors (Lipinski definition) is 1. The summed E-state index contributed by atoms with van der Waals surface area (Å²) in [7, 11) is 0. The fourth-order valence-electron chi connectivity index (χ4n) is 3.21. The zero-order valence-corrected chi connectivity index (χ0v) is 13.9. The topological polar surface area (TPSA) is 29.3 Å². The van der Waals surface area contributed by atoms with Crippen molar-refractivity contribution in [3.05, 3.63) is 63.7 Å². The predicted molar refractivity (Wildman–Crippen MR) is 94.3 cm³/mol. The van der Waals surface area contributed by atoms with Crippen LogP contribution < -0.4 is 5.73 Å². The van der Waals surface area contributed by atoms with E-state index >= 15 is 0 Å². The van der Waals surface area contributed by atoms with Crippen molar-refractivity contribution >= 4 is 17.3 Å². The molecule has 0 radical (unpaired) electrons. The van der Waals surface area contributed by atoms with Gasteiger partial charge in [0.05, 0.1) is 0 Å². The van der Waals surface area contributed by atoms with Gasteiger partial charge in [-0.15, -0.1) is 0 Å². The van der Waals surface area contributed by atoms with Crippen LogP contribution in [0.4, 0.5) is 5.69 Å².